The van der Waals surface area contributed by atoms with Crippen molar-refractivity contribution in [2.24, 2.45) is 0 Å². The van der Waals surface area contributed by atoms with Gasteiger partial charge in [0.1, 0.15) is 5.82 Å². The fourth-order valence-electron chi connectivity index (χ4n) is 2.22. The van der Waals surface area contributed by atoms with Gasteiger partial charge in [-0.2, -0.15) is 8.42 Å². The molecule has 0 aliphatic heterocycles. The van der Waals surface area contributed by atoms with Gasteiger partial charge in [-0.05, 0) is 36.2 Å². The molecule has 0 unspecified atom stereocenters. The SMILES string of the molecule is O=S(=O)(NC1=CCC=C1c1ccc(F)cc1)c1ccccn1. The van der Waals surface area contributed by atoms with E-state index in [2.05, 4.69) is 9.71 Å². The van der Waals surface area contributed by atoms with E-state index in [1.807, 2.05) is 6.08 Å². The van der Waals surface area contributed by atoms with Crippen molar-refractivity contribution in [1.29, 1.82) is 0 Å². The number of allylic oxidation sites excluding steroid dienone is 3. The lowest BCUT2D eigenvalue weighted by atomic mass is 10.1. The fourth-order valence-corrected chi connectivity index (χ4v) is 3.26. The van der Waals surface area contributed by atoms with Crippen molar-refractivity contribution >= 4 is 15.6 Å². The minimum absolute atomic E-state index is 0.0405. The second kappa shape index (κ2) is 5.73. The molecule has 0 bridgehead atoms. The van der Waals surface area contributed by atoms with E-state index in [1.165, 1.54) is 24.4 Å². The van der Waals surface area contributed by atoms with Gasteiger partial charge in [-0.25, -0.2) is 9.37 Å². The maximum absolute atomic E-state index is 13.0. The average molecular weight is 316 g/mol. The average Bonchev–Trinajstić information content (AvgIpc) is 2.96. The molecule has 4 nitrogen and oxygen atoms in total. The van der Waals surface area contributed by atoms with Crippen LogP contribution in [0.25, 0.3) is 5.57 Å². The zero-order valence-corrected chi connectivity index (χ0v) is 12.3. The van der Waals surface area contributed by atoms with Crippen LogP contribution >= 0.6 is 0 Å². The Balaban J connectivity index is 1.87. The Morgan fingerprint density at radius 2 is 1.82 bits per heavy atom. The topological polar surface area (TPSA) is 59.1 Å². The van der Waals surface area contributed by atoms with E-state index in [0.29, 0.717) is 12.1 Å². The summed E-state index contributed by atoms with van der Waals surface area (Å²) < 4.78 is 40.2. The van der Waals surface area contributed by atoms with Gasteiger partial charge in [0, 0.05) is 11.8 Å². The molecule has 0 radical (unpaired) electrons. The van der Waals surface area contributed by atoms with E-state index in [-0.39, 0.29) is 10.8 Å². The summed E-state index contributed by atoms with van der Waals surface area (Å²) >= 11 is 0. The highest BCUT2D eigenvalue weighted by atomic mass is 32.2. The molecule has 0 atom stereocenters. The number of hydrogen-bond donors (Lipinski definition) is 1. The van der Waals surface area contributed by atoms with Crippen LogP contribution in [0.15, 0.2) is 71.5 Å². The third-order valence-electron chi connectivity index (χ3n) is 3.25. The third-order valence-corrected chi connectivity index (χ3v) is 4.53. The predicted molar refractivity (Wildman–Crippen MR) is 81.6 cm³/mol. The highest BCUT2D eigenvalue weighted by Crippen LogP contribution is 2.28. The maximum atomic E-state index is 13.0. The second-order valence-electron chi connectivity index (χ2n) is 4.75. The first kappa shape index (κ1) is 14.5. The van der Waals surface area contributed by atoms with Crippen molar-refractivity contribution in [1.82, 2.24) is 9.71 Å². The van der Waals surface area contributed by atoms with Crippen LogP contribution in [-0.2, 0) is 10.0 Å². The van der Waals surface area contributed by atoms with Crippen LogP contribution in [0, 0.1) is 5.82 Å². The molecule has 0 spiro atoms. The minimum atomic E-state index is -3.74. The molecule has 0 saturated carbocycles. The Bertz CT molecular complexity index is 841. The summed E-state index contributed by atoms with van der Waals surface area (Å²) in [6.45, 7) is 0. The van der Waals surface area contributed by atoms with Gasteiger partial charge in [-0.15, -0.1) is 0 Å². The summed E-state index contributed by atoms with van der Waals surface area (Å²) in [5.41, 5.74) is 1.98. The van der Waals surface area contributed by atoms with E-state index in [9.17, 15) is 12.8 Å². The summed E-state index contributed by atoms with van der Waals surface area (Å²) in [6, 6.07) is 10.6. The fraction of sp³-hybridized carbons (Fsp3) is 0.0625. The van der Waals surface area contributed by atoms with Crippen molar-refractivity contribution in [3.05, 3.63) is 77.9 Å². The van der Waals surface area contributed by atoms with E-state index < -0.39 is 10.0 Å². The predicted octanol–water partition coefficient (Wildman–Crippen LogP) is 2.87. The lowest BCUT2D eigenvalue weighted by Crippen LogP contribution is -2.24. The lowest BCUT2D eigenvalue weighted by molar-refractivity contribution is 0.585. The molecule has 1 aliphatic rings. The van der Waals surface area contributed by atoms with Crippen molar-refractivity contribution in [2.75, 3.05) is 0 Å². The van der Waals surface area contributed by atoms with E-state index in [4.69, 9.17) is 0 Å². The molecule has 0 saturated heterocycles. The summed E-state index contributed by atoms with van der Waals surface area (Å²) in [6.07, 6.45) is 5.71. The van der Waals surface area contributed by atoms with Crippen molar-refractivity contribution in [2.45, 2.75) is 11.4 Å². The zero-order valence-electron chi connectivity index (χ0n) is 11.5. The van der Waals surface area contributed by atoms with Gasteiger partial charge in [0.25, 0.3) is 10.0 Å². The smallest absolute Gasteiger partial charge is 0.278 e. The first-order valence-electron chi connectivity index (χ1n) is 6.67. The molecule has 1 heterocycles. The summed E-state index contributed by atoms with van der Waals surface area (Å²) in [5.74, 6) is -0.332. The quantitative estimate of drug-likeness (QED) is 0.943. The van der Waals surface area contributed by atoms with Crippen molar-refractivity contribution < 1.29 is 12.8 Å². The number of nitrogens with zero attached hydrogens (tertiary/aromatic N) is 1. The van der Waals surface area contributed by atoms with Crippen LogP contribution < -0.4 is 4.72 Å². The first-order valence-corrected chi connectivity index (χ1v) is 8.15. The van der Waals surface area contributed by atoms with Crippen molar-refractivity contribution in [3.8, 4) is 0 Å². The van der Waals surface area contributed by atoms with Gasteiger partial charge in [0.15, 0.2) is 5.03 Å². The highest BCUT2D eigenvalue weighted by molar-refractivity contribution is 7.89. The molecule has 0 fully saturated rings. The molecule has 1 aromatic carbocycles. The van der Waals surface area contributed by atoms with Gasteiger partial charge in [0.05, 0.1) is 5.70 Å². The number of rotatable bonds is 4. The molecule has 112 valence electrons. The molecule has 3 rings (SSSR count). The molecule has 1 N–H and O–H groups in total. The molecule has 1 aliphatic carbocycles. The van der Waals surface area contributed by atoms with Gasteiger partial charge in [-0.3, -0.25) is 4.72 Å². The molecular weight excluding hydrogens is 303 g/mol. The molecule has 22 heavy (non-hydrogen) atoms. The summed E-state index contributed by atoms with van der Waals surface area (Å²) in [5, 5.41) is -0.0405. The number of halogens is 1. The van der Waals surface area contributed by atoms with Crippen LogP contribution in [0.4, 0.5) is 4.39 Å². The summed E-state index contributed by atoms with van der Waals surface area (Å²) in [7, 11) is -3.74. The van der Waals surface area contributed by atoms with E-state index in [0.717, 1.165) is 11.1 Å². The summed E-state index contributed by atoms with van der Waals surface area (Å²) in [4.78, 5) is 3.86. The van der Waals surface area contributed by atoms with Crippen LogP contribution in [0.3, 0.4) is 0 Å². The van der Waals surface area contributed by atoms with Gasteiger partial charge in [-0.1, -0.05) is 30.4 Å². The number of sulfonamides is 1. The second-order valence-corrected chi connectivity index (χ2v) is 6.38. The van der Waals surface area contributed by atoms with Crippen LogP contribution in [-0.4, -0.2) is 13.4 Å². The van der Waals surface area contributed by atoms with E-state index >= 15 is 0 Å². The van der Waals surface area contributed by atoms with Gasteiger partial charge < -0.3 is 0 Å². The standard InChI is InChI=1S/C16H13FN2O2S/c17-13-9-7-12(8-10-13)14-4-3-5-15(14)19-22(20,21)16-6-1-2-11-18-16/h1-2,4-11,19H,3H2. The number of benzene rings is 1. The molecular formula is C16H13FN2O2S. The minimum Gasteiger partial charge on any atom is -0.278 e. The normalized spacial score (nSPS) is 14.4. The number of aromatic nitrogens is 1. The van der Waals surface area contributed by atoms with Crippen LogP contribution in [0.2, 0.25) is 0 Å². The Kier molecular flexibility index (Phi) is 3.77. The Hall–Kier alpha value is -2.47. The number of nitrogens with one attached hydrogen (secondary N) is 1. The van der Waals surface area contributed by atoms with Crippen molar-refractivity contribution in [3.63, 3.8) is 0 Å². The number of hydrogen-bond acceptors (Lipinski definition) is 3. The van der Waals surface area contributed by atoms with E-state index in [1.54, 1.807) is 30.3 Å². The third kappa shape index (κ3) is 2.92. The first-order chi connectivity index (χ1) is 10.6. The molecule has 2 aromatic rings. The van der Waals surface area contributed by atoms with Crippen LogP contribution in [0.5, 0.6) is 0 Å². The highest BCUT2D eigenvalue weighted by Gasteiger charge is 2.21. The number of pyridine rings is 1. The Labute approximate surface area is 128 Å². The Morgan fingerprint density at radius 3 is 2.50 bits per heavy atom. The zero-order chi connectivity index (χ0) is 15.6. The molecule has 0 amide bonds. The Morgan fingerprint density at radius 1 is 1.05 bits per heavy atom. The van der Waals surface area contributed by atoms with Gasteiger partial charge >= 0.3 is 0 Å². The lowest BCUT2D eigenvalue weighted by Gasteiger charge is -2.12. The molecule has 1 aromatic heterocycles. The monoisotopic (exact) mass is 316 g/mol. The largest absolute Gasteiger partial charge is 0.279 e. The van der Waals surface area contributed by atoms with Crippen LogP contribution in [0.1, 0.15) is 12.0 Å². The van der Waals surface area contributed by atoms with Gasteiger partial charge in [0.2, 0.25) is 0 Å². The maximum Gasteiger partial charge on any atom is 0.279 e. The molecule has 6 heteroatoms.